The minimum Gasteiger partial charge on any atom is -0.169 e. The molecule has 31 heavy (non-hydrogen) atoms. The van der Waals surface area contributed by atoms with Crippen molar-refractivity contribution < 1.29 is 26.3 Å². The summed E-state index contributed by atoms with van der Waals surface area (Å²) in [4.78, 5) is 0. The van der Waals surface area contributed by atoms with Crippen LogP contribution in [0.2, 0.25) is 0 Å². The van der Waals surface area contributed by atoms with Gasteiger partial charge in [-0.15, -0.1) is 0 Å². The fourth-order valence-electron chi connectivity index (χ4n) is 3.43. The minimum absolute atomic E-state index is 0.311. The smallest absolute Gasteiger partial charge is 0.169 e. The molecule has 0 heterocycles. The van der Waals surface area contributed by atoms with Crippen LogP contribution in [0.25, 0.3) is 0 Å². The van der Waals surface area contributed by atoms with E-state index >= 15 is 0 Å². The maximum absolute atomic E-state index is 14.2. The molecular weight excluding hydrogens is 414 g/mol. The molecule has 0 radical (unpaired) electrons. The molecule has 160 valence electrons. The molecule has 0 aliphatic rings. The summed E-state index contributed by atoms with van der Waals surface area (Å²) in [6.45, 7) is 3.11. The second kappa shape index (κ2) is 8.14. The lowest BCUT2D eigenvalue weighted by Gasteiger charge is -2.38. The Bertz CT molecular complexity index is 1100. The fraction of sp³-hybridized carbons (Fsp3) is 0.200. The number of rotatable bonds is 2. The zero-order chi connectivity index (χ0) is 22.9. The van der Waals surface area contributed by atoms with E-state index in [1.165, 1.54) is 25.1 Å². The minimum atomic E-state index is -5.61. The molecule has 0 spiro atoms. The van der Waals surface area contributed by atoms with Gasteiger partial charge in [-0.2, -0.15) is 26.3 Å². The molecule has 0 amide bonds. The van der Waals surface area contributed by atoms with E-state index in [1.807, 2.05) is 0 Å². The molecule has 3 aromatic rings. The zero-order valence-corrected chi connectivity index (χ0v) is 16.7. The Hall–Kier alpha value is -3.20. The summed E-state index contributed by atoms with van der Waals surface area (Å²) in [5, 5.41) is 0. The number of benzene rings is 3. The average Bonchev–Trinajstić information content (AvgIpc) is 2.69. The van der Waals surface area contributed by atoms with Gasteiger partial charge in [-0.25, -0.2) is 0 Å². The van der Waals surface area contributed by atoms with Crippen LogP contribution in [0.1, 0.15) is 33.4 Å². The van der Waals surface area contributed by atoms with Crippen LogP contribution < -0.4 is 0 Å². The Balaban J connectivity index is 2.16. The van der Waals surface area contributed by atoms with Crippen LogP contribution in [0.15, 0.2) is 72.8 Å². The number of halogens is 6. The van der Waals surface area contributed by atoms with Crippen molar-refractivity contribution >= 4 is 0 Å². The van der Waals surface area contributed by atoms with Crippen LogP contribution in [0.5, 0.6) is 0 Å². The van der Waals surface area contributed by atoms with Crippen LogP contribution in [0.4, 0.5) is 26.3 Å². The molecule has 0 nitrogen and oxygen atoms in total. The standard InChI is InChI=1S/C25H18F6/c1-17-8-13-22(16-18(17)2)23(24(26,27)28,25(29,30)31)21-14-11-20(12-15-21)10-9-19-6-4-3-5-7-19/h3-8,11-16H,1-2H3. The van der Waals surface area contributed by atoms with Crippen molar-refractivity contribution in [3.05, 3.63) is 106 Å². The molecule has 0 N–H and O–H groups in total. The van der Waals surface area contributed by atoms with Gasteiger partial charge in [0.15, 0.2) is 0 Å². The van der Waals surface area contributed by atoms with Crippen LogP contribution in [0, 0.1) is 25.7 Å². The molecule has 0 bridgehead atoms. The predicted molar refractivity (Wildman–Crippen MR) is 108 cm³/mol. The SMILES string of the molecule is Cc1ccc(C(c2ccc(C#Cc3ccccc3)cc2)(C(F)(F)F)C(F)(F)F)cc1C. The summed E-state index contributed by atoms with van der Waals surface area (Å²) in [5.41, 5.74) is -3.97. The first kappa shape index (κ1) is 22.5. The van der Waals surface area contributed by atoms with Gasteiger partial charge in [0.2, 0.25) is 5.41 Å². The van der Waals surface area contributed by atoms with Gasteiger partial charge in [0, 0.05) is 11.1 Å². The first-order valence-corrected chi connectivity index (χ1v) is 9.35. The van der Waals surface area contributed by atoms with Crippen molar-refractivity contribution in [1.82, 2.24) is 0 Å². The zero-order valence-electron chi connectivity index (χ0n) is 16.7. The highest BCUT2D eigenvalue weighted by Gasteiger charge is 2.72. The van der Waals surface area contributed by atoms with Gasteiger partial charge in [0.05, 0.1) is 0 Å². The molecule has 3 aromatic carbocycles. The summed E-state index contributed by atoms with van der Waals surface area (Å²) in [7, 11) is 0. The molecule has 0 unspecified atom stereocenters. The van der Waals surface area contributed by atoms with E-state index in [1.54, 1.807) is 37.3 Å². The van der Waals surface area contributed by atoms with Crippen LogP contribution >= 0.6 is 0 Å². The van der Waals surface area contributed by atoms with Crippen LogP contribution in [0.3, 0.4) is 0 Å². The Labute approximate surface area is 176 Å². The van der Waals surface area contributed by atoms with Crippen LogP contribution in [-0.2, 0) is 5.41 Å². The second-order valence-electron chi connectivity index (χ2n) is 7.24. The highest BCUT2D eigenvalue weighted by Crippen LogP contribution is 2.56. The first-order valence-electron chi connectivity index (χ1n) is 9.35. The summed E-state index contributed by atoms with van der Waals surface area (Å²) in [5.74, 6) is 5.59. The van der Waals surface area contributed by atoms with Crippen molar-refractivity contribution in [2.45, 2.75) is 31.6 Å². The molecule has 0 saturated carbocycles. The van der Waals surface area contributed by atoms with Gasteiger partial charge in [0.25, 0.3) is 0 Å². The van der Waals surface area contributed by atoms with Crippen molar-refractivity contribution in [1.29, 1.82) is 0 Å². The van der Waals surface area contributed by atoms with Crippen molar-refractivity contribution in [2.24, 2.45) is 0 Å². The average molecular weight is 432 g/mol. The second-order valence-corrected chi connectivity index (χ2v) is 7.24. The summed E-state index contributed by atoms with van der Waals surface area (Å²) >= 11 is 0. The molecular formula is C25H18F6. The quantitative estimate of drug-likeness (QED) is 0.299. The largest absolute Gasteiger partial charge is 0.411 e. The van der Waals surface area contributed by atoms with Gasteiger partial charge in [-0.3, -0.25) is 0 Å². The third-order valence-corrected chi connectivity index (χ3v) is 5.23. The van der Waals surface area contributed by atoms with E-state index in [0.717, 1.165) is 24.3 Å². The van der Waals surface area contributed by atoms with E-state index in [9.17, 15) is 26.3 Å². The molecule has 3 rings (SSSR count). The summed E-state index contributed by atoms with van der Waals surface area (Å²) in [6, 6.07) is 16.0. The molecule has 0 aliphatic carbocycles. The third kappa shape index (κ3) is 4.18. The van der Waals surface area contributed by atoms with Gasteiger partial charge < -0.3 is 0 Å². The fourth-order valence-corrected chi connectivity index (χ4v) is 3.43. The van der Waals surface area contributed by atoms with E-state index in [-0.39, 0.29) is 0 Å². The molecule has 0 atom stereocenters. The molecule has 6 heteroatoms. The number of hydrogen-bond donors (Lipinski definition) is 0. The summed E-state index contributed by atoms with van der Waals surface area (Å²) < 4.78 is 85.2. The maximum atomic E-state index is 14.2. The lowest BCUT2D eigenvalue weighted by atomic mass is 9.72. The Morgan fingerprint density at radius 1 is 0.548 bits per heavy atom. The number of aryl methyl sites for hydroxylation is 2. The van der Waals surface area contributed by atoms with Crippen molar-refractivity contribution in [3.63, 3.8) is 0 Å². The maximum Gasteiger partial charge on any atom is 0.411 e. The Morgan fingerprint density at radius 2 is 1.03 bits per heavy atom. The van der Waals surface area contributed by atoms with E-state index in [2.05, 4.69) is 11.8 Å². The van der Waals surface area contributed by atoms with Crippen molar-refractivity contribution in [3.8, 4) is 11.8 Å². The van der Waals surface area contributed by atoms with E-state index in [4.69, 9.17) is 0 Å². The molecule has 0 saturated heterocycles. The Morgan fingerprint density at radius 3 is 1.52 bits per heavy atom. The predicted octanol–water partition coefficient (Wildman–Crippen LogP) is 7.11. The lowest BCUT2D eigenvalue weighted by molar-refractivity contribution is -0.288. The van der Waals surface area contributed by atoms with Gasteiger partial charge in [-0.1, -0.05) is 60.4 Å². The van der Waals surface area contributed by atoms with Crippen molar-refractivity contribution in [2.75, 3.05) is 0 Å². The van der Waals surface area contributed by atoms with Gasteiger partial charge in [0.1, 0.15) is 0 Å². The van der Waals surface area contributed by atoms with Crippen LogP contribution in [-0.4, -0.2) is 12.4 Å². The molecule has 0 fully saturated rings. The van der Waals surface area contributed by atoms with E-state index in [0.29, 0.717) is 22.3 Å². The topological polar surface area (TPSA) is 0 Å². The lowest BCUT2D eigenvalue weighted by Crippen LogP contribution is -2.54. The first-order chi connectivity index (χ1) is 14.5. The third-order valence-electron chi connectivity index (χ3n) is 5.23. The summed E-state index contributed by atoms with van der Waals surface area (Å²) in [6.07, 6.45) is -11.2. The molecule has 0 aliphatic heterocycles. The monoisotopic (exact) mass is 432 g/mol. The highest BCUT2D eigenvalue weighted by molar-refractivity contribution is 5.50. The number of alkyl halides is 6. The van der Waals surface area contributed by atoms with Gasteiger partial charge >= 0.3 is 12.4 Å². The highest BCUT2D eigenvalue weighted by atomic mass is 19.4. The van der Waals surface area contributed by atoms with E-state index < -0.39 is 28.9 Å². The normalized spacial score (nSPS) is 12.3. The Kier molecular flexibility index (Phi) is 5.91. The van der Waals surface area contributed by atoms with Gasteiger partial charge in [-0.05, 0) is 60.4 Å². The molecule has 0 aromatic heterocycles. The number of hydrogen-bond acceptors (Lipinski definition) is 0.